The highest BCUT2D eigenvalue weighted by molar-refractivity contribution is 6.36. The molecule has 0 spiro atoms. The van der Waals surface area contributed by atoms with E-state index in [0.717, 1.165) is 155 Å². The number of nitrogens with zero attached hydrogens (tertiary/aromatic N) is 11. The van der Waals surface area contributed by atoms with E-state index in [2.05, 4.69) is 116 Å². The molecule has 0 unspecified atom stereocenters. The molecule has 12 rings (SSSR count). The van der Waals surface area contributed by atoms with Gasteiger partial charge < -0.3 is 29.5 Å². The first kappa shape index (κ1) is 47.8. The van der Waals surface area contributed by atoms with Gasteiger partial charge in [-0.05, 0) is 92.9 Å². The fourth-order valence-corrected chi connectivity index (χ4v) is 10.2. The van der Waals surface area contributed by atoms with Crippen molar-refractivity contribution < 1.29 is 9.47 Å². The van der Waals surface area contributed by atoms with Crippen LogP contribution in [-0.2, 0) is 20.3 Å². The minimum atomic E-state index is -0.0876. The molecule has 2 fully saturated rings. The van der Waals surface area contributed by atoms with Crippen LogP contribution in [0.3, 0.4) is 0 Å². The van der Waals surface area contributed by atoms with Gasteiger partial charge in [-0.1, -0.05) is 39.3 Å². The van der Waals surface area contributed by atoms with Crippen molar-refractivity contribution in [3.05, 3.63) is 137 Å². The molecule has 12 heterocycles. The van der Waals surface area contributed by atoms with Gasteiger partial charge in [0.25, 0.3) is 0 Å². The summed E-state index contributed by atoms with van der Waals surface area (Å²) in [6.45, 7) is 25.9. The number of halogens is 1. The number of anilines is 5. The number of aromatic nitrogens is 8. The van der Waals surface area contributed by atoms with E-state index in [-0.39, 0.29) is 10.8 Å². The summed E-state index contributed by atoms with van der Waals surface area (Å²) in [6.07, 6.45) is 14.8. The number of rotatable bonds is 5. The Morgan fingerprint density at radius 2 is 1.11 bits per heavy atom. The van der Waals surface area contributed by atoms with Crippen LogP contribution in [-0.4, -0.2) is 106 Å². The number of morpholine rings is 2. The van der Waals surface area contributed by atoms with Gasteiger partial charge in [-0.3, -0.25) is 29.9 Å². The molecule has 0 radical (unpaired) electrons. The van der Waals surface area contributed by atoms with Gasteiger partial charge >= 0.3 is 0 Å². The third kappa shape index (κ3) is 9.68. The first-order valence-corrected chi connectivity index (χ1v) is 24.8. The number of ether oxygens (including phenoxy) is 2. The summed E-state index contributed by atoms with van der Waals surface area (Å²) in [6, 6.07) is 16.6. The Kier molecular flexibility index (Phi) is 13.3. The highest BCUT2D eigenvalue weighted by Crippen LogP contribution is 2.48. The van der Waals surface area contributed by atoms with Crippen LogP contribution < -0.4 is 20.0 Å². The lowest BCUT2D eigenvalue weighted by molar-refractivity contribution is 0.122. The van der Waals surface area contributed by atoms with Crippen LogP contribution in [0.2, 0.25) is 5.02 Å². The summed E-state index contributed by atoms with van der Waals surface area (Å²) in [4.78, 5) is 43.9. The Bertz CT molecular complexity index is 3260. The van der Waals surface area contributed by atoms with E-state index in [1.807, 2.05) is 69.1 Å². The molecule has 71 heavy (non-hydrogen) atoms. The van der Waals surface area contributed by atoms with Crippen molar-refractivity contribution in [1.82, 2.24) is 39.9 Å². The van der Waals surface area contributed by atoms with Crippen LogP contribution in [0.15, 0.2) is 98.1 Å². The van der Waals surface area contributed by atoms with Crippen molar-refractivity contribution in [1.29, 1.82) is 0 Å². The van der Waals surface area contributed by atoms with Crippen molar-refractivity contribution in [2.75, 3.05) is 85.7 Å². The molecule has 0 aliphatic carbocycles. The molecular weight excluding hydrogens is 908 g/mol. The van der Waals surface area contributed by atoms with E-state index in [0.29, 0.717) is 5.02 Å². The van der Waals surface area contributed by atoms with Crippen molar-refractivity contribution >= 4 is 61.8 Å². The molecule has 0 bridgehead atoms. The predicted octanol–water partition coefficient (Wildman–Crippen LogP) is 10.6. The lowest BCUT2D eigenvalue weighted by atomic mass is 9.91. The molecule has 2 saturated heterocycles. The molecule has 0 saturated carbocycles. The molecule has 0 aromatic carbocycles. The molecule has 364 valence electrons. The van der Waals surface area contributed by atoms with Crippen LogP contribution in [0, 0.1) is 27.7 Å². The monoisotopic (exact) mass is 968 g/mol. The summed E-state index contributed by atoms with van der Waals surface area (Å²) in [5.74, 6) is 0. The van der Waals surface area contributed by atoms with Gasteiger partial charge in [0.15, 0.2) is 0 Å². The summed E-state index contributed by atoms with van der Waals surface area (Å²) >= 11 is 6.43. The van der Waals surface area contributed by atoms with E-state index in [1.165, 1.54) is 17.1 Å². The molecule has 8 aromatic heterocycles. The van der Waals surface area contributed by atoms with Crippen molar-refractivity contribution in [3.63, 3.8) is 0 Å². The fourth-order valence-electron chi connectivity index (χ4n) is 9.98. The van der Waals surface area contributed by atoms with Gasteiger partial charge in [0.05, 0.1) is 130 Å². The van der Waals surface area contributed by atoms with Gasteiger partial charge in [0.1, 0.15) is 0 Å². The number of aryl methyl sites for hydroxylation is 2. The van der Waals surface area contributed by atoms with E-state index < -0.39 is 0 Å². The smallest absolute Gasteiger partial charge is 0.0944 e. The van der Waals surface area contributed by atoms with Gasteiger partial charge in [0.2, 0.25) is 0 Å². The molecule has 0 amide bonds. The standard InChI is InChI=1S/C28H30N6O.C15H12ClN3.C13H19N3O/c1-18-5-8-30-22(13-18)25-19(2)26(21-6-7-29-16-23(21)32-25)34-17-28(3,4)27-24(34)14-20(15-31-27)33-9-11-35-12-10-33;1-9-3-6-18-12(7-9)15-10(2)14(16)11-4-5-17-8-13(11)19-15;1-13(2)9-15-11-7-10(8-14-12(11)13)16-3-5-17-6-4-16/h5-8,13-16H,9-12,17H2,1-4H3;3-8H,1-2H3;7-8,15H,3-6,9H2,1-2H3. The first-order valence-electron chi connectivity index (χ1n) is 24.4. The summed E-state index contributed by atoms with van der Waals surface area (Å²) < 4.78 is 10.9. The third-order valence-electron chi connectivity index (χ3n) is 13.9. The highest BCUT2D eigenvalue weighted by atomic mass is 35.5. The van der Waals surface area contributed by atoms with Gasteiger partial charge in [-0.15, -0.1) is 0 Å². The number of hydrogen-bond donors (Lipinski definition) is 1. The number of pyridine rings is 8. The Morgan fingerprint density at radius 3 is 1.70 bits per heavy atom. The predicted molar refractivity (Wildman–Crippen MR) is 286 cm³/mol. The molecule has 15 heteroatoms. The summed E-state index contributed by atoms with van der Waals surface area (Å²) in [7, 11) is 0. The zero-order chi connectivity index (χ0) is 49.4. The van der Waals surface area contributed by atoms with Crippen LogP contribution in [0.25, 0.3) is 44.6 Å². The van der Waals surface area contributed by atoms with Crippen LogP contribution >= 0.6 is 11.6 Å². The quantitative estimate of drug-likeness (QED) is 0.175. The summed E-state index contributed by atoms with van der Waals surface area (Å²) in [5, 5.41) is 6.18. The van der Waals surface area contributed by atoms with Crippen molar-refractivity contribution in [2.45, 2.75) is 66.2 Å². The van der Waals surface area contributed by atoms with Gasteiger partial charge in [-0.25, -0.2) is 9.97 Å². The van der Waals surface area contributed by atoms with Crippen LogP contribution in [0.5, 0.6) is 0 Å². The summed E-state index contributed by atoms with van der Waals surface area (Å²) in [5.41, 5.74) is 17.7. The Balaban J connectivity index is 0.000000136. The van der Waals surface area contributed by atoms with Crippen molar-refractivity contribution in [3.8, 4) is 22.8 Å². The van der Waals surface area contributed by atoms with Crippen LogP contribution in [0.4, 0.5) is 28.4 Å². The average Bonchev–Trinajstić information content (AvgIpc) is 3.84. The molecule has 4 aliphatic rings. The molecule has 0 atom stereocenters. The van der Waals surface area contributed by atoms with Crippen molar-refractivity contribution in [2.24, 2.45) is 0 Å². The van der Waals surface area contributed by atoms with E-state index in [4.69, 9.17) is 31.0 Å². The zero-order valence-electron chi connectivity index (χ0n) is 41.9. The molecular formula is C56H61ClN12O2. The maximum atomic E-state index is 6.43. The maximum absolute atomic E-state index is 6.43. The first-order chi connectivity index (χ1) is 34.3. The second-order valence-corrected chi connectivity index (χ2v) is 20.5. The minimum absolute atomic E-state index is 0.0876. The highest BCUT2D eigenvalue weighted by Gasteiger charge is 2.39. The number of fused-ring (bicyclic) bond motifs is 4. The van der Waals surface area contributed by atoms with Crippen LogP contribution in [0.1, 0.15) is 61.3 Å². The Morgan fingerprint density at radius 1 is 0.577 bits per heavy atom. The lowest BCUT2D eigenvalue weighted by Gasteiger charge is -2.30. The Labute approximate surface area is 420 Å². The second kappa shape index (κ2) is 19.7. The van der Waals surface area contributed by atoms with E-state index in [9.17, 15) is 0 Å². The molecule has 8 aromatic rings. The van der Waals surface area contributed by atoms with E-state index in [1.54, 1.807) is 18.6 Å². The average molecular weight is 970 g/mol. The maximum Gasteiger partial charge on any atom is 0.0944 e. The SMILES string of the molecule is CC1(C)CNc2cc(N3CCOCC3)cnc21.Cc1ccnc(-c2nc3cnccc3c(Cl)c2C)c1.Cc1ccnc(-c2nc3cnccc3c(N3CC(C)(C)c4ncc(N5CCOCC5)cc43)c2C)c1. The lowest BCUT2D eigenvalue weighted by Crippen LogP contribution is -2.36. The normalized spacial score (nSPS) is 16.7. The van der Waals surface area contributed by atoms with E-state index >= 15 is 0 Å². The molecule has 1 N–H and O–H groups in total. The van der Waals surface area contributed by atoms with Gasteiger partial charge in [0, 0.05) is 91.2 Å². The number of nitrogens with one attached hydrogen (secondary N) is 1. The number of hydrogen-bond acceptors (Lipinski definition) is 14. The third-order valence-corrected chi connectivity index (χ3v) is 14.4. The second-order valence-electron chi connectivity index (χ2n) is 20.1. The minimum Gasteiger partial charge on any atom is -0.383 e. The fraction of sp³-hybridized carbons (Fsp3) is 0.357. The van der Waals surface area contributed by atoms with Gasteiger partial charge in [-0.2, -0.15) is 0 Å². The molecule has 14 nitrogen and oxygen atoms in total. The largest absolute Gasteiger partial charge is 0.383 e. The molecule has 4 aliphatic heterocycles. The zero-order valence-corrected chi connectivity index (χ0v) is 42.7. The topological polar surface area (TPSA) is 143 Å². The Hall–Kier alpha value is -6.87.